The van der Waals surface area contributed by atoms with Crippen molar-refractivity contribution < 1.29 is 17.9 Å². The Bertz CT molecular complexity index is 525. The summed E-state index contributed by atoms with van der Waals surface area (Å²) in [6.45, 7) is 1.05. The summed E-state index contributed by atoms with van der Waals surface area (Å²) in [5.74, 6) is -0.149. The molecule has 0 amide bonds. The molecular formula is C14H14F3NOS. The Morgan fingerprint density at radius 2 is 1.90 bits per heavy atom. The lowest BCUT2D eigenvalue weighted by molar-refractivity contribution is -0.274. The zero-order valence-corrected chi connectivity index (χ0v) is 11.4. The first-order chi connectivity index (χ1) is 9.54. The van der Waals surface area contributed by atoms with Gasteiger partial charge < -0.3 is 10.1 Å². The molecule has 0 fully saturated rings. The van der Waals surface area contributed by atoms with Crippen molar-refractivity contribution in [2.45, 2.75) is 19.3 Å². The van der Waals surface area contributed by atoms with Gasteiger partial charge in [-0.3, -0.25) is 0 Å². The van der Waals surface area contributed by atoms with Crippen molar-refractivity contribution in [2.75, 3.05) is 6.54 Å². The van der Waals surface area contributed by atoms with Crippen LogP contribution < -0.4 is 10.1 Å². The van der Waals surface area contributed by atoms with Gasteiger partial charge in [0.05, 0.1) is 0 Å². The number of para-hydroxylation sites is 1. The van der Waals surface area contributed by atoms with Crippen LogP contribution in [0.4, 0.5) is 13.2 Å². The minimum atomic E-state index is -4.66. The van der Waals surface area contributed by atoms with Crippen molar-refractivity contribution in [1.29, 1.82) is 0 Å². The highest BCUT2D eigenvalue weighted by Gasteiger charge is 2.31. The van der Waals surface area contributed by atoms with Crippen LogP contribution in [0.1, 0.15) is 10.4 Å². The summed E-state index contributed by atoms with van der Waals surface area (Å²) in [7, 11) is 0. The fourth-order valence-electron chi connectivity index (χ4n) is 1.76. The van der Waals surface area contributed by atoms with E-state index in [0.29, 0.717) is 18.7 Å². The third-order valence-corrected chi connectivity index (χ3v) is 3.58. The Balaban J connectivity index is 1.86. The number of benzene rings is 1. The van der Waals surface area contributed by atoms with Crippen LogP contribution in [0.15, 0.2) is 41.8 Å². The van der Waals surface area contributed by atoms with E-state index in [0.717, 1.165) is 6.42 Å². The average molecular weight is 301 g/mol. The maximum absolute atomic E-state index is 12.3. The molecule has 0 spiro atoms. The number of halogens is 3. The van der Waals surface area contributed by atoms with Gasteiger partial charge in [-0.25, -0.2) is 0 Å². The summed E-state index contributed by atoms with van der Waals surface area (Å²) < 4.78 is 40.8. The first kappa shape index (κ1) is 14.9. The molecule has 2 rings (SSSR count). The Morgan fingerprint density at radius 3 is 2.60 bits per heavy atom. The number of alkyl halides is 3. The lowest BCUT2D eigenvalue weighted by Crippen LogP contribution is -2.21. The van der Waals surface area contributed by atoms with Gasteiger partial charge in [0.25, 0.3) is 0 Å². The molecule has 0 bridgehead atoms. The minimum absolute atomic E-state index is 0.149. The van der Waals surface area contributed by atoms with Crippen molar-refractivity contribution >= 4 is 11.3 Å². The van der Waals surface area contributed by atoms with E-state index in [4.69, 9.17) is 0 Å². The second kappa shape index (κ2) is 6.76. The van der Waals surface area contributed by atoms with E-state index >= 15 is 0 Å². The van der Waals surface area contributed by atoms with E-state index < -0.39 is 6.36 Å². The molecule has 0 aliphatic heterocycles. The summed E-state index contributed by atoms with van der Waals surface area (Å²) in [4.78, 5) is 1.25. The third-order valence-electron chi connectivity index (χ3n) is 2.64. The fraction of sp³-hybridized carbons (Fsp3) is 0.286. The molecule has 6 heteroatoms. The fourth-order valence-corrected chi connectivity index (χ4v) is 2.47. The number of ether oxygens (including phenoxy) is 1. The topological polar surface area (TPSA) is 21.3 Å². The molecule has 2 nitrogen and oxygen atoms in total. The summed E-state index contributed by atoms with van der Waals surface area (Å²) >= 11 is 1.67. The highest BCUT2D eigenvalue weighted by atomic mass is 32.1. The van der Waals surface area contributed by atoms with Gasteiger partial charge in [-0.2, -0.15) is 0 Å². The molecule has 20 heavy (non-hydrogen) atoms. The van der Waals surface area contributed by atoms with Gasteiger partial charge in [0.1, 0.15) is 5.75 Å². The lowest BCUT2D eigenvalue weighted by atomic mass is 10.2. The van der Waals surface area contributed by atoms with Crippen molar-refractivity contribution in [3.05, 3.63) is 52.2 Å². The van der Waals surface area contributed by atoms with Gasteiger partial charge in [-0.1, -0.05) is 24.3 Å². The van der Waals surface area contributed by atoms with Crippen LogP contribution in [0.25, 0.3) is 0 Å². The van der Waals surface area contributed by atoms with Gasteiger partial charge in [-0.05, 0) is 23.9 Å². The van der Waals surface area contributed by atoms with Gasteiger partial charge in [0, 0.05) is 23.5 Å². The Labute approximate surface area is 119 Å². The Kier molecular flexibility index (Phi) is 5.03. The quantitative estimate of drug-likeness (QED) is 0.815. The molecule has 0 saturated heterocycles. The zero-order valence-electron chi connectivity index (χ0n) is 10.6. The van der Waals surface area contributed by atoms with Crippen molar-refractivity contribution in [3.63, 3.8) is 0 Å². The zero-order chi connectivity index (χ0) is 14.4. The molecule has 1 heterocycles. The van der Waals surface area contributed by atoms with Crippen LogP contribution in [-0.4, -0.2) is 12.9 Å². The lowest BCUT2D eigenvalue weighted by Gasteiger charge is -2.13. The van der Waals surface area contributed by atoms with E-state index in [2.05, 4.69) is 10.1 Å². The summed E-state index contributed by atoms with van der Waals surface area (Å²) in [5, 5.41) is 5.13. The molecule has 108 valence electrons. The van der Waals surface area contributed by atoms with E-state index in [-0.39, 0.29) is 5.75 Å². The maximum atomic E-state index is 12.3. The average Bonchev–Trinajstić information content (AvgIpc) is 2.88. The molecule has 0 aliphatic rings. The highest BCUT2D eigenvalue weighted by Crippen LogP contribution is 2.26. The summed E-state index contributed by atoms with van der Waals surface area (Å²) in [6, 6.07) is 10.2. The second-order valence-corrected chi connectivity index (χ2v) is 5.19. The smallest absolute Gasteiger partial charge is 0.405 e. The molecule has 2 aromatic rings. The number of hydrogen-bond acceptors (Lipinski definition) is 3. The first-order valence-corrected chi connectivity index (χ1v) is 6.99. The summed E-state index contributed by atoms with van der Waals surface area (Å²) in [5.41, 5.74) is 0.496. The Morgan fingerprint density at radius 1 is 1.10 bits per heavy atom. The van der Waals surface area contributed by atoms with Gasteiger partial charge in [0.15, 0.2) is 0 Å². The normalized spacial score (nSPS) is 11.6. The molecule has 0 unspecified atom stereocenters. The van der Waals surface area contributed by atoms with Crippen LogP contribution in [0.3, 0.4) is 0 Å². The maximum Gasteiger partial charge on any atom is 0.573 e. The van der Waals surface area contributed by atoms with Crippen LogP contribution in [0.5, 0.6) is 5.75 Å². The van der Waals surface area contributed by atoms with Crippen LogP contribution in [0, 0.1) is 0 Å². The van der Waals surface area contributed by atoms with Gasteiger partial charge in [0.2, 0.25) is 0 Å². The van der Waals surface area contributed by atoms with Crippen LogP contribution in [-0.2, 0) is 13.0 Å². The molecule has 0 saturated carbocycles. The molecule has 0 atom stereocenters. The summed E-state index contributed by atoms with van der Waals surface area (Å²) in [6.07, 6.45) is -3.80. The largest absolute Gasteiger partial charge is 0.573 e. The highest BCUT2D eigenvalue weighted by molar-refractivity contribution is 7.09. The van der Waals surface area contributed by atoms with Crippen molar-refractivity contribution in [1.82, 2.24) is 5.32 Å². The van der Waals surface area contributed by atoms with E-state index in [9.17, 15) is 13.2 Å². The SMILES string of the molecule is FC(F)(F)Oc1ccccc1CNCCc1cccs1. The predicted molar refractivity (Wildman–Crippen MR) is 72.9 cm³/mol. The van der Waals surface area contributed by atoms with Crippen LogP contribution in [0.2, 0.25) is 0 Å². The standard InChI is InChI=1S/C14H14F3NOS/c15-14(16,17)19-13-6-2-1-4-11(13)10-18-8-7-12-5-3-9-20-12/h1-6,9,18H,7-8,10H2. The monoisotopic (exact) mass is 301 g/mol. The minimum Gasteiger partial charge on any atom is -0.405 e. The molecule has 0 radical (unpaired) electrons. The Hall–Kier alpha value is -1.53. The van der Waals surface area contributed by atoms with E-state index in [1.807, 2.05) is 17.5 Å². The molecule has 0 aliphatic carbocycles. The van der Waals surface area contributed by atoms with Crippen molar-refractivity contribution in [3.8, 4) is 5.75 Å². The second-order valence-electron chi connectivity index (χ2n) is 4.16. The number of hydrogen-bond donors (Lipinski definition) is 1. The van der Waals surface area contributed by atoms with E-state index in [1.54, 1.807) is 23.5 Å². The molecule has 1 N–H and O–H groups in total. The van der Waals surface area contributed by atoms with E-state index in [1.165, 1.54) is 17.0 Å². The number of nitrogens with one attached hydrogen (secondary N) is 1. The molecule has 1 aromatic carbocycles. The number of rotatable bonds is 6. The number of thiophene rings is 1. The van der Waals surface area contributed by atoms with Crippen LogP contribution >= 0.6 is 11.3 Å². The molecular weight excluding hydrogens is 287 g/mol. The molecule has 1 aromatic heterocycles. The van der Waals surface area contributed by atoms with Gasteiger partial charge >= 0.3 is 6.36 Å². The third kappa shape index (κ3) is 4.86. The van der Waals surface area contributed by atoms with Gasteiger partial charge in [-0.15, -0.1) is 24.5 Å². The first-order valence-electron chi connectivity index (χ1n) is 6.11. The predicted octanol–water partition coefficient (Wildman–Crippen LogP) is 3.98. The van der Waals surface area contributed by atoms with Crippen molar-refractivity contribution in [2.24, 2.45) is 0 Å².